The summed E-state index contributed by atoms with van der Waals surface area (Å²) in [5.41, 5.74) is 5.79. The van der Waals surface area contributed by atoms with Crippen molar-refractivity contribution in [3.8, 4) is 0 Å². The van der Waals surface area contributed by atoms with Crippen LogP contribution < -0.4 is 5.73 Å². The molecule has 0 aliphatic rings. The van der Waals surface area contributed by atoms with Crippen LogP contribution in [-0.2, 0) is 0 Å². The Morgan fingerprint density at radius 1 is 1.57 bits per heavy atom. The van der Waals surface area contributed by atoms with Gasteiger partial charge in [0.1, 0.15) is 0 Å². The first kappa shape index (κ1) is 12.6. The Kier molecular flexibility index (Phi) is 4.17. The Balaban J connectivity index is 2.94. The summed E-state index contributed by atoms with van der Waals surface area (Å²) in [6.07, 6.45) is 0. The molecule has 1 heterocycles. The highest BCUT2D eigenvalue weighted by atomic mass is 79.9. The summed E-state index contributed by atoms with van der Waals surface area (Å²) >= 11 is 8.44. The summed E-state index contributed by atoms with van der Waals surface area (Å²) in [7, 11) is 0. The van der Waals surface area contributed by atoms with E-state index in [1.165, 1.54) is 0 Å². The highest BCUT2D eigenvalue weighted by Gasteiger charge is 2.28. The molecule has 0 aliphatic carbocycles. The Hall–Kier alpha value is 0.580. The summed E-state index contributed by atoms with van der Waals surface area (Å²) in [6, 6.07) is 1.86. The van der Waals surface area contributed by atoms with E-state index in [1.807, 2.05) is 19.9 Å². The van der Waals surface area contributed by atoms with Crippen molar-refractivity contribution in [3.63, 3.8) is 0 Å². The van der Waals surface area contributed by atoms with Gasteiger partial charge in [0.25, 0.3) is 0 Å². The topological polar surface area (TPSA) is 46.2 Å². The number of nitrogens with two attached hydrogens (primary N) is 1. The van der Waals surface area contributed by atoms with Gasteiger partial charge in [-0.2, -0.15) is 0 Å². The maximum absolute atomic E-state index is 9.20. The van der Waals surface area contributed by atoms with Gasteiger partial charge in [0.05, 0.1) is 10.4 Å². The fraction of sp³-hybridized carbons (Fsp3) is 0.556. The first-order valence-electron chi connectivity index (χ1n) is 4.19. The van der Waals surface area contributed by atoms with Gasteiger partial charge in [-0.05, 0) is 37.9 Å². The molecular weight excluding hydrogens is 330 g/mol. The zero-order valence-corrected chi connectivity index (χ0v) is 12.0. The number of hydrogen-bond donors (Lipinski definition) is 2. The molecule has 1 rings (SSSR count). The summed E-state index contributed by atoms with van der Waals surface area (Å²) in [5, 5.41) is 9.20. The van der Waals surface area contributed by atoms with Gasteiger partial charge in [-0.25, -0.2) is 0 Å². The van der Waals surface area contributed by atoms with E-state index in [0.29, 0.717) is 0 Å². The SMILES string of the molecule is CC(C)(CO)[C@H](N)c1cc(Br)c(Br)s1. The van der Waals surface area contributed by atoms with E-state index in [1.54, 1.807) is 11.3 Å². The first-order chi connectivity index (χ1) is 6.38. The second-order valence-corrected chi connectivity index (χ2v) is 7.15. The number of rotatable bonds is 3. The second-order valence-electron chi connectivity index (χ2n) is 3.89. The average molecular weight is 343 g/mol. The molecule has 5 heteroatoms. The van der Waals surface area contributed by atoms with Crippen molar-refractivity contribution in [2.45, 2.75) is 19.9 Å². The van der Waals surface area contributed by atoms with Gasteiger partial charge in [0.2, 0.25) is 0 Å². The molecule has 0 spiro atoms. The van der Waals surface area contributed by atoms with E-state index in [9.17, 15) is 5.11 Å². The van der Waals surface area contributed by atoms with Gasteiger partial charge in [-0.15, -0.1) is 11.3 Å². The van der Waals surface area contributed by atoms with E-state index >= 15 is 0 Å². The van der Waals surface area contributed by atoms with Crippen LogP contribution in [0.4, 0.5) is 0 Å². The van der Waals surface area contributed by atoms with Gasteiger partial charge >= 0.3 is 0 Å². The maximum atomic E-state index is 9.20. The van der Waals surface area contributed by atoms with E-state index < -0.39 is 0 Å². The average Bonchev–Trinajstić information content (AvgIpc) is 2.45. The minimum absolute atomic E-state index is 0.0846. The molecule has 2 nitrogen and oxygen atoms in total. The zero-order chi connectivity index (χ0) is 10.9. The predicted octanol–water partition coefficient (Wildman–Crippen LogP) is 3.29. The molecule has 0 aliphatic heterocycles. The molecule has 1 aromatic rings. The van der Waals surface area contributed by atoms with Gasteiger partial charge in [0, 0.05) is 20.8 Å². The molecule has 1 aromatic heterocycles. The van der Waals surface area contributed by atoms with E-state index in [4.69, 9.17) is 5.73 Å². The van der Waals surface area contributed by atoms with Crippen LogP contribution in [0.3, 0.4) is 0 Å². The minimum Gasteiger partial charge on any atom is -0.396 e. The normalized spacial score (nSPS) is 14.4. The summed E-state index contributed by atoms with van der Waals surface area (Å²) in [5.74, 6) is 0. The standard InChI is InChI=1S/C9H13Br2NOS/c1-9(2,4-13)7(12)6-3-5(10)8(11)14-6/h3,7,13H,4,12H2,1-2H3/t7-/m1/s1. The van der Waals surface area contributed by atoms with Crippen LogP contribution in [0.25, 0.3) is 0 Å². The Bertz CT molecular complexity index is 305. The molecule has 0 radical (unpaired) electrons. The fourth-order valence-electron chi connectivity index (χ4n) is 1.00. The van der Waals surface area contributed by atoms with E-state index in [-0.39, 0.29) is 18.1 Å². The molecule has 0 fully saturated rings. The van der Waals surface area contributed by atoms with Crippen molar-refractivity contribution in [3.05, 3.63) is 19.2 Å². The lowest BCUT2D eigenvalue weighted by atomic mass is 9.85. The zero-order valence-electron chi connectivity index (χ0n) is 8.05. The van der Waals surface area contributed by atoms with Gasteiger partial charge < -0.3 is 10.8 Å². The smallest absolute Gasteiger partial charge is 0.0843 e. The molecule has 0 bridgehead atoms. The third-order valence-corrected chi connectivity index (χ3v) is 5.56. The van der Waals surface area contributed by atoms with Crippen molar-refractivity contribution in [2.75, 3.05) is 6.61 Å². The second kappa shape index (κ2) is 4.61. The number of aliphatic hydroxyl groups excluding tert-OH is 1. The number of hydrogen-bond acceptors (Lipinski definition) is 3. The van der Waals surface area contributed by atoms with Crippen molar-refractivity contribution < 1.29 is 5.11 Å². The molecule has 0 unspecified atom stereocenters. The fourth-order valence-corrected chi connectivity index (χ4v) is 3.30. The molecular formula is C9H13Br2NOS. The maximum Gasteiger partial charge on any atom is 0.0843 e. The highest BCUT2D eigenvalue weighted by Crippen LogP contribution is 2.40. The molecule has 0 amide bonds. The number of thiophene rings is 1. The summed E-state index contributed by atoms with van der Waals surface area (Å²) in [6.45, 7) is 4.00. The van der Waals surface area contributed by atoms with Crippen LogP contribution in [0, 0.1) is 5.41 Å². The van der Waals surface area contributed by atoms with Crippen molar-refractivity contribution in [1.29, 1.82) is 0 Å². The van der Waals surface area contributed by atoms with Crippen LogP contribution in [-0.4, -0.2) is 11.7 Å². The van der Waals surface area contributed by atoms with Crippen LogP contribution in [0.15, 0.2) is 14.3 Å². The Morgan fingerprint density at radius 3 is 2.50 bits per heavy atom. The van der Waals surface area contributed by atoms with Crippen LogP contribution in [0.5, 0.6) is 0 Å². The summed E-state index contributed by atoms with van der Waals surface area (Å²) < 4.78 is 2.05. The lowest BCUT2D eigenvalue weighted by Crippen LogP contribution is -2.31. The quantitative estimate of drug-likeness (QED) is 0.885. The van der Waals surface area contributed by atoms with Crippen molar-refractivity contribution >= 4 is 43.2 Å². The van der Waals surface area contributed by atoms with Crippen LogP contribution in [0.2, 0.25) is 0 Å². The number of aliphatic hydroxyl groups is 1. The lowest BCUT2D eigenvalue weighted by molar-refractivity contribution is 0.133. The highest BCUT2D eigenvalue weighted by molar-refractivity contribution is 9.13. The predicted molar refractivity (Wildman–Crippen MR) is 67.5 cm³/mol. The Labute approximate surface area is 105 Å². The molecule has 1 atom stereocenters. The van der Waals surface area contributed by atoms with Gasteiger partial charge in [-0.3, -0.25) is 0 Å². The lowest BCUT2D eigenvalue weighted by Gasteiger charge is -2.28. The first-order valence-corrected chi connectivity index (χ1v) is 6.60. The Morgan fingerprint density at radius 2 is 2.14 bits per heavy atom. The summed E-state index contributed by atoms with van der Waals surface area (Å²) in [4.78, 5) is 1.07. The monoisotopic (exact) mass is 341 g/mol. The van der Waals surface area contributed by atoms with Crippen LogP contribution in [0.1, 0.15) is 24.8 Å². The molecule has 14 heavy (non-hydrogen) atoms. The minimum atomic E-state index is -0.288. The van der Waals surface area contributed by atoms with Crippen LogP contribution >= 0.6 is 43.2 Å². The third kappa shape index (κ3) is 2.58. The van der Waals surface area contributed by atoms with Gasteiger partial charge in [-0.1, -0.05) is 13.8 Å². The van der Waals surface area contributed by atoms with Crippen molar-refractivity contribution in [1.82, 2.24) is 0 Å². The van der Waals surface area contributed by atoms with E-state index in [2.05, 4.69) is 31.9 Å². The molecule has 3 N–H and O–H groups in total. The van der Waals surface area contributed by atoms with Gasteiger partial charge in [0.15, 0.2) is 0 Å². The van der Waals surface area contributed by atoms with E-state index in [0.717, 1.165) is 13.1 Å². The molecule has 80 valence electrons. The third-order valence-electron chi connectivity index (χ3n) is 2.22. The molecule has 0 saturated carbocycles. The molecule has 0 aromatic carbocycles. The largest absolute Gasteiger partial charge is 0.396 e. The number of halogens is 2. The van der Waals surface area contributed by atoms with Crippen molar-refractivity contribution in [2.24, 2.45) is 11.1 Å². The molecule has 0 saturated heterocycles.